The first kappa shape index (κ1) is 19.7. The Morgan fingerprint density at radius 3 is 2.64 bits per heavy atom. The molecule has 10 nitrogen and oxygen atoms in total. The number of ether oxygens (including phenoxy) is 2. The van der Waals surface area contributed by atoms with E-state index in [0.717, 1.165) is 0 Å². The molecule has 0 bridgehead atoms. The van der Waals surface area contributed by atoms with E-state index >= 15 is 0 Å². The summed E-state index contributed by atoms with van der Waals surface area (Å²) in [6.07, 6.45) is -1.04. The normalized spacial score (nSPS) is 19.7. The fourth-order valence-corrected chi connectivity index (χ4v) is 3.76. The van der Waals surface area contributed by atoms with Crippen molar-refractivity contribution in [3.63, 3.8) is 0 Å². The minimum atomic E-state index is -1.32. The molecule has 0 radical (unpaired) electrons. The first-order valence-electron chi connectivity index (χ1n) is 8.23. The van der Waals surface area contributed by atoms with Crippen LogP contribution in [0.1, 0.15) is 23.7 Å². The maximum Gasteiger partial charge on any atom is 0.361 e. The Kier molecular flexibility index (Phi) is 5.56. The number of nitrogens with one attached hydrogen (secondary N) is 1. The van der Waals surface area contributed by atoms with Crippen LogP contribution in [0.5, 0.6) is 5.75 Å². The molecule has 1 fully saturated rings. The average molecular weight is 406 g/mol. The zero-order chi connectivity index (χ0) is 20.4. The number of nitrogens with zero attached hydrogens (tertiary/aromatic N) is 2. The van der Waals surface area contributed by atoms with E-state index < -0.39 is 18.2 Å². The molecule has 0 spiro atoms. The highest BCUT2D eigenvalue weighted by molar-refractivity contribution is 8.03. The first-order chi connectivity index (χ1) is 13.3. The number of rotatable bonds is 5. The highest BCUT2D eigenvalue weighted by atomic mass is 32.2. The second kappa shape index (κ2) is 7.90. The number of aliphatic hydroxyl groups excluding tert-OH is 1. The maximum absolute atomic E-state index is 12.3. The largest absolute Gasteiger partial charge is 0.448 e. The number of esters is 1. The molecule has 1 aromatic carbocycles. The molecule has 2 heterocycles. The van der Waals surface area contributed by atoms with Crippen LogP contribution >= 0.6 is 11.8 Å². The molecule has 2 amide bonds. The Bertz CT molecular complexity index is 880. The van der Waals surface area contributed by atoms with Crippen molar-refractivity contribution in [1.29, 1.82) is 0 Å². The van der Waals surface area contributed by atoms with Crippen molar-refractivity contribution in [3.8, 4) is 5.75 Å². The van der Waals surface area contributed by atoms with Crippen LogP contribution in [0.15, 0.2) is 40.0 Å². The molecule has 3 rings (SSSR count). The predicted molar refractivity (Wildman–Crippen MR) is 99.7 cm³/mol. The molecule has 4 N–H and O–H groups in total. The Balaban J connectivity index is 1.78. The summed E-state index contributed by atoms with van der Waals surface area (Å²) >= 11 is 1.21. The van der Waals surface area contributed by atoms with E-state index in [4.69, 9.17) is 15.2 Å². The van der Waals surface area contributed by atoms with Crippen LogP contribution in [0, 0.1) is 0 Å². The van der Waals surface area contributed by atoms with E-state index in [0.29, 0.717) is 11.3 Å². The molecule has 0 aliphatic carbocycles. The van der Waals surface area contributed by atoms with Gasteiger partial charge in [0.15, 0.2) is 23.0 Å². The summed E-state index contributed by atoms with van der Waals surface area (Å²) in [4.78, 5) is 41.0. The third kappa shape index (κ3) is 3.94. The summed E-state index contributed by atoms with van der Waals surface area (Å²) in [7, 11) is 1.45. The third-order valence-corrected chi connectivity index (χ3v) is 5.00. The molecule has 11 heteroatoms. The summed E-state index contributed by atoms with van der Waals surface area (Å²) in [5.41, 5.74) is 5.75. The Morgan fingerprint density at radius 2 is 2.07 bits per heavy atom. The first-order valence-corrected chi connectivity index (χ1v) is 9.11. The Morgan fingerprint density at radius 1 is 1.39 bits per heavy atom. The quantitative estimate of drug-likeness (QED) is 0.205. The molecule has 0 saturated carbocycles. The maximum atomic E-state index is 12.3. The van der Waals surface area contributed by atoms with Crippen LogP contribution in [-0.2, 0) is 14.3 Å². The summed E-state index contributed by atoms with van der Waals surface area (Å²) in [5.74, 6) is -1.16. The van der Waals surface area contributed by atoms with Crippen molar-refractivity contribution in [2.24, 2.45) is 10.7 Å². The summed E-state index contributed by atoms with van der Waals surface area (Å²) in [6.45, 7) is 1.29. The molecular weight excluding hydrogens is 388 g/mol. The van der Waals surface area contributed by atoms with Crippen LogP contribution in [0.4, 0.5) is 0 Å². The zero-order valence-corrected chi connectivity index (χ0v) is 15.9. The van der Waals surface area contributed by atoms with Gasteiger partial charge in [0.05, 0.1) is 11.8 Å². The molecule has 2 aliphatic heterocycles. The van der Waals surface area contributed by atoms with Crippen molar-refractivity contribution in [2.45, 2.75) is 25.0 Å². The fourth-order valence-electron chi connectivity index (χ4n) is 2.52. The van der Waals surface area contributed by atoms with Crippen molar-refractivity contribution in [3.05, 3.63) is 40.6 Å². The highest BCUT2D eigenvalue weighted by Crippen LogP contribution is 2.46. The van der Waals surface area contributed by atoms with E-state index in [1.165, 1.54) is 54.9 Å². The van der Waals surface area contributed by atoms with Gasteiger partial charge < -0.3 is 20.3 Å². The fraction of sp³-hybridized carbons (Fsp3) is 0.294. The zero-order valence-electron chi connectivity index (χ0n) is 15.0. The number of aliphatic imine (C=N–C) groups is 1. The van der Waals surface area contributed by atoms with Crippen LogP contribution < -0.4 is 15.8 Å². The minimum absolute atomic E-state index is 0.00621. The number of aliphatic hydroxyl groups is 1. The van der Waals surface area contributed by atoms with E-state index in [1.54, 1.807) is 0 Å². The van der Waals surface area contributed by atoms with E-state index in [-0.39, 0.29) is 34.4 Å². The van der Waals surface area contributed by atoms with Crippen molar-refractivity contribution < 1.29 is 29.0 Å². The number of guanidine groups is 1. The van der Waals surface area contributed by atoms with Gasteiger partial charge in [-0.3, -0.25) is 24.8 Å². The monoisotopic (exact) mass is 406 g/mol. The molecule has 0 aromatic heterocycles. The van der Waals surface area contributed by atoms with Crippen molar-refractivity contribution in [1.82, 2.24) is 10.2 Å². The lowest BCUT2D eigenvalue weighted by atomic mass is 10.2. The summed E-state index contributed by atoms with van der Waals surface area (Å²) < 4.78 is 10.5. The lowest BCUT2D eigenvalue weighted by molar-refractivity contribution is -0.165. The number of benzene rings is 1. The van der Waals surface area contributed by atoms with Gasteiger partial charge in [-0.25, -0.2) is 4.79 Å². The van der Waals surface area contributed by atoms with E-state index in [1.807, 2.05) is 0 Å². The number of hydrogen-bond donors (Lipinski definition) is 3. The second-order valence-corrected chi connectivity index (χ2v) is 7.02. The van der Waals surface area contributed by atoms with Gasteiger partial charge in [0.1, 0.15) is 5.75 Å². The number of carbonyl (C=O) groups is 3. The molecule has 28 heavy (non-hydrogen) atoms. The number of thioether (sulfide) groups is 1. The van der Waals surface area contributed by atoms with Gasteiger partial charge in [0.2, 0.25) is 5.91 Å². The number of hydrogen-bond acceptors (Lipinski definition) is 8. The van der Waals surface area contributed by atoms with Crippen LogP contribution in [0.3, 0.4) is 0 Å². The lowest BCUT2D eigenvalue weighted by Gasteiger charge is -2.33. The number of fused-ring (bicyclic) bond motifs is 1. The number of carbonyl (C=O) groups excluding carboxylic acids is 3. The molecule has 2 aliphatic rings. The standard InChI is InChI=1S/C17H18N4O6S/c1-8(22)26-15(25)13-16(28-12-7-11(23)21(12)13)27-10-5-3-9(4-6-10)14(24)20-17(18)19-2/h3-6,8,12,22H,7H2,1-2H3,(H3,18,19,20,24)/t8-,12-/m1/s1. The smallest absolute Gasteiger partial charge is 0.361 e. The molecule has 0 unspecified atom stereocenters. The van der Waals surface area contributed by atoms with Crippen LogP contribution in [0.25, 0.3) is 0 Å². The van der Waals surface area contributed by atoms with E-state index in [2.05, 4.69) is 10.3 Å². The SMILES string of the molecule is CN=C(N)NC(=O)c1ccc(OC2=C(C(=O)O[C@H](C)O)N3C(=O)C[C@H]3S2)cc1. The molecule has 2 atom stereocenters. The van der Waals surface area contributed by atoms with Crippen molar-refractivity contribution in [2.75, 3.05) is 7.05 Å². The van der Waals surface area contributed by atoms with Gasteiger partial charge in [-0.15, -0.1) is 0 Å². The minimum Gasteiger partial charge on any atom is -0.448 e. The van der Waals surface area contributed by atoms with Crippen molar-refractivity contribution >= 4 is 35.5 Å². The molecule has 148 valence electrons. The second-order valence-electron chi connectivity index (χ2n) is 5.87. The number of β-lactam (4-membered cyclic amide) rings is 1. The average Bonchev–Trinajstić information content (AvgIpc) is 2.93. The van der Waals surface area contributed by atoms with Crippen LogP contribution in [-0.4, -0.2) is 52.5 Å². The lowest BCUT2D eigenvalue weighted by Crippen LogP contribution is -2.48. The van der Waals surface area contributed by atoms with Gasteiger partial charge >= 0.3 is 5.97 Å². The van der Waals surface area contributed by atoms with E-state index in [9.17, 15) is 19.5 Å². The van der Waals surface area contributed by atoms with Gasteiger partial charge in [-0.05, 0) is 31.2 Å². The van der Waals surface area contributed by atoms with Crippen LogP contribution in [0.2, 0.25) is 0 Å². The third-order valence-electron chi connectivity index (χ3n) is 3.86. The number of nitrogens with two attached hydrogens (primary N) is 1. The molecule has 1 aromatic rings. The van der Waals surface area contributed by atoms with Gasteiger partial charge in [0, 0.05) is 12.6 Å². The Labute approximate surface area is 164 Å². The van der Waals surface area contributed by atoms with Gasteiger partial charge in [-0.2, -0.15) is 0 Å². The summed E-state index contributed by atoms with van der Waals surface area (Å²) in [6, 6.07) is 6.11. The molecular formula is C17H18N4O6S. The number of amides is 2. The Hall–Kier alpha value is -3.05. The van der Waals surface area contributed by atoms with Gasteiger partial charge in [0.25, 0.3) is 5.91 Å². The predicted octanol–water partition coefficient (Wildman–Crippen LogP) is 0.0955. The summed E-state index contributed by atoms with van der Waals surface area (Å²) in [5, 5.41) is 11.7. The molecule has 1 saturated heterocycles. The van der Waals surface area contributed by atoms with Gasteiger partial charge in [-0.1, -0.05) is 11.8 Å². The highest BCUT2D eigenvalue weighted by Gasteiger charge is 2.50. The topological polar surface area (TPSA) is 144 Å².